The Labute approximate surface area is 188 Å². The van der Waals surface area contributed by atoms with Crippen molar-refractivity contribution in [3.8, 4) is 5.69 Å². The Hall–Kier alpha value is -3.14. The van der Waals surface area contributed by atoms with E-state index in [9.17, 15) is 0 Å². The van der Waals surface area contributed by atoms with E-state index < -0.39 is 0 Å². The molecule has 0 fully saturated rings. The first-order valence-electron chi connectivity index (χ1n) is 10.4. The third-order valence-electron chi connectivity index (χ3n) is 6.23. The van der Waals surface area contributed by atoms with Gasteiger partial charge in [0, 0.05) is 32.5 Å². The van der Waals surface area contributed by atoms with Crippen LogP contribution in [0.2, 0.25) is 5.02 Å². The second-order valence-electron chi connectivity index (χ2n) is 7.96. The summed E-state index contributed by atoms with van der Waals surface area (Å²) in [7, 11) is 0. The second-order valence-corrected chi connectivity index (χ2v) is 9.45. The van der Waals surface area contributed by atoms with Gasteiger partial charge in [0.2, 0.25) is 0 Å². The van der Waals surface area contributed by atoms with Crippen LogP contribution in [0, 0.1) is 0 Å². The van der Waals surface area contributed by atoms with Crippen LogP contribution in [0.25, 0.3) is 38.5 Å². The van der Waals surface area contributed by atoms with Crippen LogP contribution in [-0.4, -0.2) is 9.13 Å². The first-order valence-corrected chi connectivity index (χ1v) is 11.6. The summed E-state index contributed by atoms with van der Waals surface area (Å²) in [6.45, 7) is 0.794. The fourth-order valence-corrected chi connectivity index (χ4v) is 6.34. The molecular weight excluding hydrogens is 420 g/mol. The Morgan fingerprint density at radius 1 is 0.710 bits per heavy atom. The van der Waals surface area contributed by atoms with Crippen molar-refractivity contribution in [2.24, 2.45) is 0 Å². The van der Waals surface area contributed by atoms with Crippen LogP contribution in [0.15, 0.2) is 101 Å². The quantitative estimate of drug-likeness (QED) is 0.267. The molecule has 0 N–H and O–H groups in total. The second kappa shape index (κ2) is 6.43. The molecule has 1 aliphatic rings. The molecular formula is C27H17ClN2S. The minimum atomic E-state index is 0.794. The number of halogens is 1. The largest absolute Gasteiger partial charge is 0.322 e. The summed E-state index contributed by atoms with van der Waals surface area (Å²) < 4.78 is 4.88. The molecule has 0 saturated carbocycles. The monoisotopic (exact) mass is 436 g/mol. The van der Waals surface area contributed by atoms with Gasteiger partial charge in [-0.2, -0.15) is 0 Å². The van der Waals surface area contributed by atoms with Crippen LogP contribution < -0.4 is 0 Å². The maximum absolute atomic E-state index is 6.83. The summed E-state index contributed by atoms with van der Waals surface area (Å²) in [4.78, 5) is 2.57. The summed E-state index contributed by atoms with van der Waals surface area (Å²) >= 11 is 8.68. The van der Waals surface area contributed by atoms with Crippen LogP contribution in [0.3, 0.4) is 0 Å². The molecule has 31 heavy (non-hydrogen) atoms. The van der Waals surface area contributed by atoms with Gasteiger partial charge in [0.1, 0.15) is 5.65 Å². The maximum Gasteiger partial charge on any atom is 0.127 e. The number of nitrogens with zero attached hydrogens (tertiary/aromatic N) is 2. The summed E-state index contributed by atoms with van der Waals surface area (Å²) in [5.74, 6) is 0. The normalized spacial score (nSPS) is 12.7. The van der Waals surface area contributed by atoms with E-state index in [-0.39, 0.29) is 0 Å². The van der Waals surface area contributed by atoms with Gasteiger partial charge in [-0.25, -0.2) is 0 Å². The highest BCUT2D eigenvalue weighted by Gasteiger charge is 2.27. The van der Waals surface area contributed by atoms with E-state index in [1.54, 1.807) is 0 Å². The van der Waals surface area contributed by atoms with Crippen LogP contribution in [0.5, 0.6) is 0 Å². The van der Waals surface area contributed by atoms with Crippen LogP contribution >= 0.6 is 23.4 Å². The van der Waals surface area contributed by atoms with E-state index in [1.807, 2.05) is 17.8 Å². The van der Waals surface area contributed by atoms with Crippen molar-refractivity contribution in [1.82, 2.24) is 9.13 Å². The van der Waals surface area contributed by atoms with Gasteiger partial charge in [0.05, 0.1) is 21.7 Å². The predicted molar refractivity (Wildman–Crippen MR) is 131 cm³/mol. The Morgan fingerprint density at radius 2 is 1.48 bits per heavy atom. The van der Waals surface area contributed by atoms with Gasteiger partial charge in [-0.15, -0.1) is 0 Å². The summed E-state index contributed by atoms with van der Waals surface area (Å²) in [5, 5.41) is 4.45. The number of rotatable bonds is 2. The van der Waals surface area contributed by atoms with Crippen molar-refractivity contribution in [3.63, 3.8) is 0 Å². The number of hydrogen-bond donors (Lipinski definition) is 0. The van der Waals surface area contributed by atoms with Crippen LogP contribution in [-0.2, 0) is 6.54 Å². The maximum atomic E-state index is 6.83. The molecule has 0 radical (unpaired) electrons. The first kappa shape index (κ1) is 17.5. The zero-order chi connectivity index (χ0) is 20.5. The molecule has 7 rings (SSSR count). The Balaban J connectivity index is 1.72. The number of benzene rings is 4. The lowest BCUT2D eigenvalue weighted by molar-refractivity contribution is 0.841. The average molecular weight is 437 g/mol. The van der Waals surface area contributed by atoms with E-state index in [1.165, 1.54) is 48.5 Å². The molecule has 4 aromatic carbocycles. The SMILES string of the molecule is Clc1cccc2c1c1c3cccc4c3n(c1n2Cc1ccccc1)-c1ccccc1S4. The molecule has 2 aromatic heterocycles. The smallest absolute Gasteiger partial charge is 0.127 e. The van der Waals surface area contributed by atoms with Crippen LogP contribution in [0.4, 0.5) is 0 Å². The number of aromatic nitrogens is 2. The van der Waals surface area contributed by atoms with E-state index in [4.69, 9.17) is 11.6 Å². The highest BCUT2D eigenvalue weighted by molar-refractivity contribution is 7.99. The van der Waals surface area contributed by atoms with E-state index in [0.29, 0.717) is 0 Å². The first-order chi connectivity index (χ1) is 15.3. The van der Waals surface area contributed by atoms with Crippen molar-refractivity contribution in [1.29, 1.82) is 0 Å². The van der Waals surface area contributed by atoms with E-state index >= 15 is 0 Å². The van der Waals surface area contributed by atoms with Crippen molar-refractivity contribution < 1.29 is 0 Å². The Morgan fingerprint density at radius 3 is 2.39 bits per heavy atom. The molecule has 0 spiro atoms. The molecule has 2 nitrogen and oxygen atoms in total. The van der Waals surface area contributed by atoms with Gasteiger partial charge in [0.25, 0.3) is 0 Å². The van der Waals surface area contributed by atoms with Gasteiger partial charge in [0.15, 0.2) is 0 Å². The zero-order valence-corrected chi connectivity index (χ0v) is 18.1. The lowest BCUT2D eigenvalue weighted by atomic mass is 10.1. The molecule has 0 saturated heterocycles. The number of hydrogen-bond acceptors (Lipinski definition) is 1. The van der Waals surface area contributed by atoms with Crippen LogP contribution in [0.1, 0.15) is 5.56 Å². The molecule has 0 unspecified atom stereocenters. The third-order valence-corrected chi connectivity index (χ3v) is 7.65. The van der Waals surface area contributed by atoms with Gasteiger partial charge in [-0.05, 0) is 35.9 Å². The Kier molecular flexibility index (Phi) is 3.64. The molecule has 3 heterocycles. The number of fused-ring (bicyclic) bond motifs is 7. The summed E-state index contributed by atoms with van der Waals surface area (Å²) in [6, 6.07) is 32.2. The molecule has 0 atom stereocenters. The molecule has 1 aliphatic heterocycles. The zero-order valence-electron chi connectivity index (χ0n) is 16.5. The predicted octanol–water partition coefficient (Wildman–Crippen LogP) is 7.90. The van der Waals surface area contributed by atoms with Crippen molar-refractivity contribution in [2.75, 3.05) is 0 Å². The van der Waals surface area contributed by atoms with Gasteiger partial charge >= 0.3 is 0 Å². The average Bonchev–Trinajstić information content (AvgIpc) is 3.31. The molecule has 148 valence electrons. The Bertz CT molecular complexity index is 1640. The minimum absolute atomic E-state index is 0.794. The van der Waals surface area contributed by atoms with Gasteiger partial charge in [-0.3, -0.25) is 4.57 Å². The highest BCUT2D eigenvalue weighted by atomic mass is 35.5. The topological polar surface area (TPSA) is 9.86 Å². The molecule has 4 heteroatoms. The fraction of sp³-hybridized carbons (Fsp3) is 0.0370. The van der Waals surface area contributed by atoms with Gasteiger partial charge in [-0.1, -0.05) is 84.0 Å². The molecule has 0 bridgehead atoms. The fourth-order valence-electron chi connectivity index (χ4n) is 4.98. The number of para-hydroxylation sites is 2. The van der Waals surface area contributed by atoms with Gasteiger partial charge < -0.3 is 4.57 Å². The lowest BCUT2D eigenvalue weighted by Gasteiger charge is -2.21. The van der Waals surface area contributed by atoms with E-state index in [2.05, 4.69) is 94.1 Å². The molecule has 0 amide bonds. The van der Waals surface area contributed by atoms with E-state index in [0.717, 1.165) is 17.0 Å². The lowest BCUT2D eigenvalue weighted by Crippen LogP contribution is -2.07. The van der Waals surface area contributed by atoms with Crippen molar-refractivity contribution in [3.05, 3.63) is 102 Å². The summed E-state index contributed by atoms with van der Waals surface area (Å²) in [6.07, 6.45) is 0. The van der Waals surface area contributed by atoms with Crippen molar-refractivity contribution >= 4 is 56.2 Å². The molecule has 6 aromatic rings. The van der Waals surface area contributed by atoms with Crippen molar-refractivity contribution in [2.45, 2.75) is 16.3 Å². The highest BCUT2D eigenvalue weighted by Crippen LogP contribution is 2.49. The molecule has 0 aliphatic carbocycles. The summed E-state index contributed by atoms with van der Waals surface area (Å²) in [5.41, 5.74) is 6.17. The standard InChI is InChI=1S/C27H17ClN2S/c28-19-11-7-13-21-25(19)24-18-10-6-15-23-26(18)30(20-12-4-5-14-22(20)31-23)27(24)29(21)16-17-8-2-1-3-9-17/h1-15H,16H2. The minimum Gasteiger partial charge on any atom is -0.322 e. The third kappa shape index (κ3) is 2.36.